The number of hydrogen-bond acceptors (Lipinski definition) is 6. The van der Waals surface area contributed by atoms with Crippen LogP contribution in [0.4, 0.5) is 5.13 Å². The maximum atomic E-state index is 12.7. The van der Waals surface area contributed by atoms with E-state index >= 15 is 0 Å². The summed E-state index contributed by atoms with van der Waals surface area (Å²) >= 11 is 7.37. The number of anilines is 1. The van der Waals surface area contributed by atoms with Gasteiger partial charge in [0.1, 0.15) is 5.01 Å². The highest BCUT2D eigenvalue weighted by Gasteiger charge is 2.24. The number of hydrogen-bond donors (Lipinski definition) is 1. The molecule has 7 nitrogen and oxygen atoms in total. The van der Waals surface area contributed by atoms with Crippen molar-refractivity contribution in [1.82, 2.24) is 14.5 Å². The lowest BCUT2D eigenvalue weighted by Gasteiger charge is -2.19. The Hall–Kier alpha value is -2.33. The van der Waals surface area contributed by atoms with Crippen LogP contribution in [-0.2, 0) is 10.0 Å². The molecule has 1 heterocycles. The van der Waals surface area contributed by atoms with E-state index in [9.17, 15) is 13.2 Å². The van der Waals surface area contributed by atoms with Gasteiger partial charge in [-0.3, -0.25) is 10.1 Å². The second kappa shape index (κ2) is 9.00. The normalized spacial score (nSPS) is 11.6. The molecule has 0 spiro atoms. The summed E-state index contributed by atoms with van der Waals surface area (Å²) in [6, 6.07) is 13.5. The van der Waals surface area contributed by atoms with Crippen molar-refractivity contribution in [2.75, 3.05) is 18.4 Å². The third-order valence-corrected chi connectivity index (χ3v) is 7.46. The fraction of sp³-hybridized carbons (Fsp3) is 0.211. The molecule has 3 aromatic rings. The average molecular weight is 451 g/mol. The van der Waals surface area contributed by atoms with E-state index in [-0.39, 0.29) is 15.5 Å². The van der Waals surface area contributed by atoms with E-state index < -0.39 is 15.9 Å². The van der Waals surface area contributed by atoms with Crippen molar-refractivity contribution in [3.63, 3.8) is 0 Å². The fourth-order valence-corrected chi connectivity index (χ4v) is 5.12. The first-order valence-corrected chi connectivity index (χ1v) is 11.5. The molecule has 10 heteroatoms. The van der Waals surface area contributed by atoms with E-state index in [1.54, 1.807) is 13.8 Å². The summed E-state index contributed by atoms with van der Waals surface area (Å²) in [7, 11) is -3.71. The Bertz CT molecular complexity index is 1110. The molecule has 1 N–H and O–H groups in total. The van der Waals surface area contributed by atoms with Crippen molar-refractivity contribution in [3.05, 3.63) is 59.1 Å². The van der Waals surface area contributed by atoms with Crippen LogP contribution in [0, 0.1) is 0 Å². The van der Waals surface area contributed by atoms with Crippen LogP contribution in [-0.4, -0.2) is 41.9 Å². The van der Waals surface area contributed by atoms with E-state index in [1.165, 1.54) is 33.8 Å². The standard InChI is InChI=1S/C19H19ClN4O3S2/c1-3-24(4-2)29(26,27)14-10-11-16(20)15(12-14)17(25)21-19-23-22-18(28-19)13-8-6-5-7-9-13/h5-12H,3-4H2,1-2H3,(H,21,23,25). The average Bonchev–Trinajstić information content (AvgIpc) is 3.18. The molecule has 1 amide bonds. The molecular weight excluding hydrogens is 432 g/mol. The van der Waals surface area contributed by atoms with Gasteiger partial charge in [-0.1, -0.05) is 67.1 Å². The van der Waals surface area contributed by atoms with E-state index in [1.807, 2.05) is 30.3 Å². The van der Waals surface area contributed by atoms with Crippen molar-refractivity contribution >= 4 is 44.0 Å². The molecule has 29 heavy (non-hydrogen) atoms. The maximum absolute atomic E-state index is 12.7. The first-order valence-electron chi connectivity index (χ1n) is 8.86. The van der Waals surface area contributed by atoms with Gasteiger partial charge >= 0.3 is 0 Å². The molecule has 0 radical (unpaired) electrons. The molecule has 0 aliphatic carbocycles. The minimum Gasteiger partial charge on any atom is -0.296 e. The van der Waals surface area contributed by atoms with E-state index in [0.717, 1.165) is 5.56 Å². The summed E-state index contributed by atoms with van der Waals surface area (Å²) in [6.07, 6.45) is 0. The highest BCUT2D eigenvalue weighted by Crippen LogP contribution is 2.28. The topological polar surface area (TPSA) is 92.3 Å². The van der Waals surface area contributed by atoms with Gasteiger partial charge in [-0.2, -0.15) is 4.31 Å². The summed E-state index contributed by atoms with van der Waals surface area (Å²) in [5.74, 6) is -0.553. The van der Waals surface area contributed by atoms with Crippen LogP contribution < -0.4 is 5.32 Å². The SMILES string of the molecule is CCN(CC)S(=O)(=O)c1ccc(Cl)c(C(=O)Nc2nnc(-c3ccccc3)s2)c1. The van der Waals surface area contributed by atoms with Gasteiger partial charge in [0.25, 0.3) is 5.91 Å². The highest BCUT2D eigenvalue weighted by atomic mass is 35.5. The number of aromatic nitrogens is 2. The largest absolute Gasteiger partial charge is 0.296 e. The van der Waals surface area contributed by atoms with Crippen molar-refractivity contribution in [2.45, 2.75) is 18.7 Å². The fourth-order valence-electron chi connectivity index (χ4n) is 2.69. The van der Waals surface area contributed by atoms with Gasteiger partial charge in [0.05, 0.1) is 15.5 Å². The Labute approximate surface area is 178 Å². The summed E-state index contributed by atoms with van der Waals surface area (Å²) in [5, 5.41) is 11.8. The lowest BCUT2D eigenvalue weighted by atomic mass is 10.2. The Balaban J connectivity index is 1.86. The first kappa shape index (κ1) is 21.4. The minimum atomic E-state index is -3.71. The molecule has 0 saturated carbocycles. The second-order valence-electron chi connectivity index (χ2n) is 5.96. The molecule has 0 bridgehead atoms. The van der Waals surface area contributed by atoms with Crippen molar-refractivity contribution in [3.8, 4) is 10.6 Å². The number of halogens is 1. The quantitative estimate of drug-likeness (QED) is 0.584. The molecule has 0 fully saturated rings. The zero-order valence-electron chi connectivity index (χ0n) is 15.8. The zero-order valence-corrected chi connectivity index (χ0v) is 18.2. The van der Waals surface area contributed by atoms with Crippen LogP contribution >= 0.6 is 22.9 Å². The number of carbonyl (C=O) groups is 1. The van der Waals surface area contributed by atoms with Crippen LogP contribution in [0.15, 0.2) is 53.4 Å². The van der Waals surface area contributed by atoms with Crippen LogP contribution in [0.5, 0.6) is 0 Å². The van der Waals surface area contributed by atoms with Gasteiger partial charge < -0.3 is 0 Å². The zero-order chi connectivity index (χ0) is 21.0. The summed E-state index contributed by atoms with van der Waals surface area (Å²) < 4.78 is 26.8. The van der Waals surface area contributed by atoms with Gasteiger partial charge in [-0.25, -0.2) is 8.42 Å². The van der Waals surface area contributed by atoms with E-state index in [4.69, 9.17) is 11.6 Å². The molecule has 3 rings (SSSR count). The number of rotatable bonds is 7. The summed E-state index contributed by atoms with van der Waals surface area (Å²) in [5.41, 5.74) is 0.937. The highest BCUT2D eigenvalue weighted by molar-refractivity contribution is 7.89. The Morgan fingerprint density at radius 1 is 1.10 bits per heavy atom. The van der Waals surface area contributed by atoms with Crippen LogP contribution in [0.3, 0.4) is 0 Å². The van der Waals surface area contributed by atoms with Gasteiger partial charge in [0, 0.05) is 18.7 Å². The number of sulfonamides is 1. The van der Waals surface area contributed by atoms with Crippen LogP contribution in [0.1, 0.15) is 24.2 Å². The Kier molecular flexibility index (Phi) is 6.63. The van der Waals surface area contributed by atoms with Gasteiger partial charge in [0.15, 0.2) is 0 Å². The van der Waals surface area contributed by atoms with Crippen LogP contribution in [0.25, 0.3) is 10.6 Å². The maximum Gasteiger partial charge on any atom is 0.259 e. The number of nitrogens with one attached hydrogen (secondary N) is 1. The molecular formula is C19H19ClN4O3S2. The second-order valence-corrected chi connectivity index (χ2v) is 9.29. The number of carbonyl (C=O) groups excluding carboxylic acids is 1. The Morgan fingerprint density at radius 3 is 2.45 bits per heavy atom. The van der Waals surface area contributed by atoms with Gasteiger partial charge in [-0.15, -0.1) is 10.2 Å². The molecule has 2 aromatic carbocycles. The van der Waals surface area contributed by atoms with Crippen molar-refractivity contribution in [1.29, 1.82) is 0 Å². The molecule has 0 unspecified atom stereocenters. The van der Waals surface area contributed by atoms with Crippen molar-refractivity contribution in [2.24, 2.45) is 0 Å². The third-order valence-electron chi connectivity index (χ3n) is 4.19. The minimum absolute atomic E-state index is 0.0120. The van der Waals surface area contributed by atoms with E-state index in [0.29, 0.717) is 23.2 Å². The van der Waals surface area contributed by atoms with Crippen LogP contribution in [0.2, 0.25) is 5.02 Å². The molecule has 152 valence electrons. The molecule has 0 saturated heterocycles. The molecule has 0 atom stereocenters. The lowest BCUT2D eigenvalue weighted by Crippen LogP contribution is -2.30. The number of amides is 1. The molecule has 1 aromatic heterocycles. The number of benzene rings is 2. The molecule has 0 aliphatic rings. The summed E-state index contributed by atoms with van der Waals surface area (Å²) in [4.78, 5) is 12.7. The summed E-state index contributed by atoms with van der Waals surface area (Å²) in [6.45, 7) is 4.17. The Morgan fingerprint density at radius 2 is 1.79 bits per heavy atom. The predicted octanol–water partition coefficient (Wildman–Crippen LogP) is 4.14. The smallest absolute Gasteiger partial charge is 0.259 e. The van der Waals surface area contributed by atoms with E-state index in [2.05, 4.69) is 15.5 Å². The van der Waals surface area contributed by atoms with Gasteiger partial charge in [-0.05, 0) is 18.2 Å². The molecule has 0 aliphatic heterocycles. The monoisotopic (exact) mass is 450 g/mol. The first-order chi connectivity index (χ1) is 13.9. The van der Waals surface area contributed by atoms with Gasteiger partial charge in [0.2, 0.25) is 15.2 Å². The number of nitrogens with zero attached hydrogens (tertiary/aromatic N) is 3. The predicted molar refractivity (Wildman–Crippen MR) is 115 cm³/mol. The van der Waals surface area contributed by atoms with Crippen molar-refractivity contribution < 1.29 is 13.2 Å². The third kappa shape index (κ3) is 4.64. The lowest BCUT2D eigenvalue weighted by molar-refractivity contribution is 0.102.